The van der Waals surface area contributed by atoms with Gasteiger partial charge in [-0.05, 0) is 37.6 Å². The maximum Gasteiger partial charge on any atom is 0.254 e. The number of piperidine rings is 1. The Morgan fingerprint density at radius 1 is 1.18 bits per heavy atom. The van der Waals surface area contributed by atoms with E-state index in [9.17, 15) is 19.1 Å². The van der Waals surface area contributed by atoms with Gasteiger partial charge in [0.1, 0.15) is 11.4 Å². The zero-order valence-electron chi connectivity index (χ0n) is 16.5. The lowest BCUT2D eigenvalue weighted by Crippen LogP contribution is -2.54. The van der Waals surface area contributed by atoms with Crippen LogP contribution in [0.1, 0.15) is 31.4 Å². The predicted octanol–water partition coefficient (Wildman–Crippen LogP) is 1.26. The molecule has 3 aliphatic rings. The fourth-order valence-corrected chi connectivity index (χ4v) is 5.15. The normalized spacial score (nSPS) is 29.8. The molecule has 152 valence electrons. The molecule has 0 radical (unpaired) electrons. The van der Waals surface area contributed by atoms with Gasteiger partial charge in [0.15, 0.2) is 0 Å². The number of hydrogen-bond donors (Lipinski definition) is 1. The summed E-state index contributed by atoms with van der Waals surface area (Å²) >= 11 is 0. The van der Waals surface area contributed by atoms with E-state index in [1.165, 1.54) is 19.1 Å². The van der Waals surface area contributed by atoms with Gasteiger partial charge in [-0.2, -0.15) is 0 Å². The smallest absolute Gasteiger partial charge is 0.254 e. The maximum atomic E-state index is 13.8. The zero-order chi connectivity index (χ0) is 20.1. The number of benzene rings is 1. The molecular weight excluding hydrogens is 361 g/mol. The summed E-state index contributed by atoms with van der Waals surface area (Å²) in [7, 11) is 1.99. The first-order valence-corrected chi connectivity index (χ1v) is 10.0. The van der Waals surface area contributed by atoms with Gasteiger partial charge in [-0.3, -0.25) is 9.59 Å². The van der Waals surface area contributed by atoms with Crippen molar-refractivity contribution in [2.24, 2.45) is 11.8 Å². The summed E-state index contributed by atoms with van der Waals surface area (Å²) in [5.41, 5.74) is -0.519. The van der Waals surface area contributed by atoms with Crippen LogP contribution in [0.3, 0.4) is 0 Å². The molecule has 0 unspecified atom stereocenters. The highest BCUT2D eigenvalue weighted by atomic mass is 19.1. The number of carbonyl (C=O) groups is 2. The molecule has 1 aromatic carbocycles. The Kier molecular flexibility index (Phi) is 4.91. The Bertz CT molecular complexity index is 778. The fraction of sp³-hybridized carbons (Fsp3) is 0.619. The summed E-state index contributed by atoms with van der Waals surface area (Å²) in [6, 6.07) is 6.16. The van der Waals surface area contributed by atoms with Crippen LogP contribution >= 0.6 is 0 Å². The average molecular weight is 389 g/mol. The highest BCUT2D eigenvalue weighted by Crippen LogP contribution is 2.45. The zero-order valence-corrected chi connectivity index (χ0v) is 16.5. The van der Waals surface area contributed by atoms with E-state index in [-0.39, 0.29) is 35.5 Å². The van der Waals surface area contributed by atoms with E-state index in [2.05, 4.69) is 4.90 Å². The third-order valence-corrected chi connectivity index (χ3v) is 6.76. The Morgan fingerprint density at radius 3 is 2.54 bits per heavy atom. The molecular formula is C21H28FN3O3. The predicted molar refractivity (Wildman–Crippen MR) is 102 cm³/mol. The van der Waals surface area contributed by atoms with Gasteiger partial charge in [0.2, 0.25) is 5.91 Å². The van der Waals surface area contributed by atoms with E-state index in [0.717, 1.165) is 5.56 Å². The third kappa shape index (κ3) is 3.31. The van der Waals surface area contributed by atoms with Crippen LogP contribution in [0, 0.1) is 17.7 Å². The number of halogens is 1. The molecule has 1 aromatic rings. The van der Waals surface area contributed by atoms with Crippen LogP contribution in [0.2, 0.25) is 0 Å². The fourth-order valence-electron chi connectivity index (χ4n) is 5.15. The third-order valence-electron chi connectivity index (χ3n) is 6.76. The van der Waals surface area contributed by atoms with Gasteiger partial charge < -0.3 is 19.8 Å². The number of amides is 2. The quantitative estimate of drug-likeness (QED) is 0.827. The van der Waals surface area contributed by atoms with Crippen molar-refractivity contribution in [1.82, 2.24) is 14.7 Å². The number of hydrogen-bond acceptors (Lipinski definition) is 4. The van der Waals surface area contributed by atoms with Crippen molar-refractivity contribution in [2.75, 3.05) is 39.8 Å². The molecule has 7 heteroatoms. The van der Waals surface area contributed by atoms with Gasteiger partial charge in [-0.15, -0.1) is 0 Å². The Labute approximate surface area is 164 Å². The van der Waals surface area contributed by atoms with E-state index < -0.39 is 5.60 Å². The van der Waals surface area contributed by atoms with Crippen molar-refractivity contribution < 1.29 is 19.1 Å². The average Bonchev–Trinajstić information content (AvgIpc) is 3.21. The van der Waals surface area contributed by atoms with Crippen molar-refractivity contribution >= 4 is 11.8 Å². The number of aliphatic hydroxyl groups is 1. The van der Waals surface area contributed by atoms with Gasteiger partial charge in [-0.1, -0.05) is 12.1 Å². The summed E-state index contributed by atoms with van der Waals surface area (Å²) in [5.74, 6) is -0.339. The largest absolute Gasteiger partial charge is 0.380 e. The van der Waals surface area contributed by atoms with Crippen molar-refractivity contribution in [3.05, 3.63) is 35.6 Å². The van der Waals surface area contributed by atoms with Gasteiger partial charge in [0.05, 0.1) is 6.04 Å². The first-order chi connectivity index (χ1) is 13.3. The van der Waals surface area contributed by atoms with E-state index >= 15 is 0 Å². The van der Waals surface area contributed by atoms with E-state index in [1.807, 2.05) is 13.1 Å². The number of nitrogens with zero attached hydrogens (tertiary/aromatic N) is 3. The summed E-state index contributed by atoms with van der Waals surface area (Å²) < 4.78 is 13.8. The summed E-state index contributed by atoms with van der Waals surface area (Å²) in [5, 5.41) is 10.9. The summed E-state index contributed by atoms with van der Waals surface area (Å²) in [4.78, 5) is 31.0. The second-order valence-corrected chi connectivity index (χ2v) is 8.64. The lowest BCUT2D eigenvalue weighted by molar-refractivity contribution is -0.155. The SMILES string of the molecule is CC(=O)N1C[C@H]2CN(C(=O)C3(O)CCN(C)CC3)C[C@H]2[C@H]1c1cccc(F)c1. The molecule has 28 heavy (non-hydrogen) atoms. The van der Waals surface area contributed by atoms with Gasteiger partial charge in [0, 0.05) is 51.5 Å². The minimum atomic E-state index is -1.29. The minimum absolute atomic E-state index is 0.0320. The van der Waals surface area contributed by atoms with Crippen molar-refractivity contribution in [2.45, 2.75) is 31.4 Å². The van der Waals surface area contributed by atoms with E-state index in [0.29, 0.717) is 45.6 Å². The van der Waals surface area contributed by atoms with Crippen molar-refractivity contribution in [1.29, 1.82) is 0 Å². The van der Waals surface area contributed by atoms with E-state index in [4.69, 9.17) is 0 Å². The molecule has 0 bridgehead atoms. The molecule has 3 saturated heterocycles. The van der Waals surface area contributed by atoms with Gasteiger partial charge >= 0.3 is 0 Å². The lowest BCUT2D eigenvalue weighted by atomic mass is 9.89. The Balaban J connectivity index is 1.55. The maximum absolute atomic E-state index is 13.8. The number of fused-ring (bicyclic) bond motifs is 1. The second kappa shape index (κ2) is 7.12. The highest BCUT2D eigenvalue weighted by Gasteiger charge is 2.52. The number of carbonyl (C=O) groups excluding carboxylic acids is 2. The van der Waals surface area contributed by atoms with Crippen LogP contribution in [0.5, 0.6) is 0 Å². The second-order valence-electron chi connectivity index (χ2n) is 8.64. The molecule has 4 rings (SSSR count). The van der Waals surface area contributed by atoms with Crippen LogP contribution in [0.25, 0.3) is 0 Å². The molecule has 2 amide bonds. The Hall–Kier alpha value is -1.99. The van der Waals surface area contributed by atoms with Crippen LogP contribution < -0.4 is 0 Å². The van der Waals surface area contributed by atoms with Crippen LogP contribution in [0.15, 0.2) is 24.3 Å². The molecule has 3 heterocycles. The molecule has 3 aliphatic heterocycles. The molecule has 0 aliphatic carbocycles. The molecule has 6 nitrogen and oxygen atoms in total. The standard InChI is InChI=1S/C21H28FN3O3/c1-14(26)25-12-16-11-24(20(27)21(28)6-8-23(2)9-7-21)13-18(16)19(25)15-4-3-5-17(22)10-15/h3-5,10,16,18-19,28H,6-9,11-13H2,1-2H3/t16-,18-,19-/m1/s1. The first-order valence-electron chi connectivity index (χ1n) is 10.0. The molecule has 1 N–H and O–H groups in total. The number of rotatable bonds is 2. The highest BCUT2D eigenvalue weighted by molar-refractivity contribution is 5.85. The van der Waals surface area contributed by atoms with Crippen molar-refractivity contribution in [3.8, 4) is 0 Å². The monoisotopic (exact) mass is 389 g/mol. The van der Waals surface area contributed by atoms with Crippen LogP contribution in [-0.4, -0.2) is 77.0 Å². The minimum Gasteiger partial charge on any atom is -0.380 e. The first kappa shape index (κ1) is 19.3. The van der Waals surface area contributed by atoms with Gasteiger partial charge in [-0.25, -0.2) is 4.39 Å². The van der Waals surface area contributed by atoms with Gasteiger partial charge in [0.25, 0.3) is 5.91 Å². The topological polar surface area (TPSA) is 64.1 Å². The van der Waals surface area contributed by atoms with Crippen LogP contribution in [0.4, 0.5) is 4.39 Å². The number of likely N-dealkylation sites (tertiary alicyclic amines) is 3. The summed E-state index contributed by atoms with van der Waals surface area (Å²) in [6.45, 7) is 4.54. The molecule has 0 spiro atoms. The molecule has 0 aromatic heterocycles. The van der Waals surface area contributed by atoms with Crippen LogP contribution in [-0.2, 0) is 9.59 Å². The lowest BCUT2D eigenvalue weighted by Gasteiger charge is -2.38. The molecule has 3 atom stereocenters. The van der Waals surface area contributed by atoms with E-state index in [1.54, 1.807) is 15.9 Å². The van der Waals surface area contributed by atoms with Crippen molar-refractivity contribution in [3.63, 3.8) is 0 Å². The molecule has 3 fully saturated rings. The Morgan fingerprint density at radius 2 is 1.89 bits per heavy atom. The summed E-state index contributed by atoms with van der Waals surface area (Å²) in [6.07, 6.45) is 0.891. The molecule has 0 saturated carbocycles.